The Morgan fingerprint density at radius 3 is 2.88 bits per heavy atom. The van der Waals surface area contributed by atoms with Gasteiger partial charge in [-0.3, -0.25) is 14.5 Å². The van der Waals surface area contributed by atoms with Gasteiger partial charge >= 0.3 is 5.97 Å². The summed E-state index contributed by atoms with van der Waals surface area (Å²) >= 11 is 3.32. The summed E-state index contributed by atoms with van der Waals surface area (Å²) in [4.78, 5) is 27.3. The van der Waals surface area contributed by atoms with Gasteiger partial charge in [-0.05, 0) is 48.9 Å². The number of carboxylic acids is 1. The fourth-order valence-electron chi connectivity index (χ4n) is 3.64. The Balaban J connectivity index is 1.80. The molecule has 0 aromatic heterocycles. The van der Waals surface area contributed by atoms with Crippen molar-refractivity contribution in [1.29, 1.82) is 0 Å². The maximum absolute atomic E-state index is 14.1. The van der Waals surface area contributed by atoms with Gasteiger partial charge in [0.05, 0.1) is 6.04 Å². The lowest BCUT2D eigenvalue weighted by Crippen LogP contribution is -2.50. The SMILES string of the molecule is O=C(O)CN1CCCCC(N2CCc3c(F)cc(Br)cc3C2)C1=O. The molecule has 0 radical (unpaired) electrons. The molecule has 130 valence electrons. The molecule has 2 aliphatic rings. The second-order valence-corrected chi connectivity index (χ2v) is 7.33. The van der Waals surface area contributed by atoms with E-state index in [1.807, 2.05) is 6.07 Å². The summed E-state index contributed by atoms with van der Waals surface area (Å²) < 4.78 is 14.8. The second kappa shape index (κ2) is 7.19. The zero-order valence-electron chi connectivity index (χ0n) is 13.3. The van der Waals surface area contributed by atoms with E-state index >= 15 is 0 Å². The molecule has 0 aliphatic carbocycles. The second-order valence-electron chi connectivity index (χ2n) is 6.41. The number of halogens is 2. The van der Waals surface area contributed by atoms with Crippen molar-refractivity contribution in [3.05, 3.63) is 33.5 Å². The first-order valence-electron chi connectivity index (χ1n) is 8.17. The average molecular weight is 399 g/mol. The Kier molecular flexibility index (Phi) is 5.20. The Morgan fingerprint density at radius 2 is 2.12 bits per heavy atom. The number of hydrogen-bond donors (Lipinski definition) is 1. The fraction of sp³-hybridized carbons (Fsp3) is 0.529. The van der Waals surface area contributed by atoms with Gasteiger partial charge in [0.1, 0.15) is 12.4 Å². The summed E-state index contributed by atoms with van der Waals surface area (Å²) in [6, 6.07) is 3.06. The summed E-state index contributed by atoms with van der Waals surface area (Å²) in [5.74, 6) is -1.31. The summed E-state index contributed by atoms with van der Waals surface area (Å²) in [6.07, 6.45) is 3.00. The van der Waals surface area contributed by atoms with Gasteiger partial charge in [-0.1, -0.05) is 15.9 Å². The smallest absolute Gasteiger partial charge is 0.323 e. The van der Waals surface area contributed by atoms with E-state index in [4.69, 9.17) is 5.11 Å². The molecule has 7 heteroatoms. The number of carbonyl (C=O) groups is 2. The number of carbonyl (C=O) groups excluding carboxylic acids is 1. The molecule has 0 saturated carbocycles. The van der Waals surface area contributed by atoms with Crippen LogP contribution in [0, 0.1) is 5.82 Å². The van der Waals surface area contributed by atoms with Gasteiger partial charge in [-0.25, -0.2) is 4.39 Å². The molecular weight excluding hydrogens is 379 g/mol. The zero-order chi connectivity index (χ0) is 17.3. The molecule has 1 N–H and O–H groups in total. The van der Waals surface area contributed by atoms with Crippen LogP contribution in [0.3, 0.4) is 0 Å². The number of benzene rings is 1. The van der Waals surface area contributed by atoms with Crippen molar-refractivity contribution >= 4 is 27.8 Å². The van der Waals surface area contributed by atoms with Gasteiger partial charge < -0.3 is 10.0 Å². The number of likely N-dealkylation sites (tertiary alicyclic amines) is 1. The van der Waals surface area contributed by atoms with Crippen LogP contribution < -0.4 is 0 Å². The van der Waals surface area contributed by atoms with Gasteiger partial charge in [0, 0.05) is 24.1 Å². The summed E-state index contributed by atoms with van der Waals surface area (Å²) in [5.41, 5.74) is 1.62. The summed E-state index contributed by atoms with van der Waals surface area (Å²) in [7, 11) is 0. The van der Waals surface area contributed by atoms with Crippen LogP contribution in [0.5, 0.6) is 0 Å². The standard InChI is InChI=1S/C17H20BrFN2O3/c18-12-7-11-9-20(6-4-13(11)14(19)8-12)15-3-1-2-5-21(17(15)24)10-16(22)23/h7-8,15H,1-6,9-10H2,(H,22,23). The van der Waals surface area contributed by atoms with Crippen LogP contribution in [0.15, 0.2) is 16.6 Å². The molecular formula is C17H20BrFN2O3. The lowest BCUT2D eigenvalue weighted by Gasteiger charge is -2.36. The lowest BCUT2D eigenvalue weighted by atomic mass is 9.96. The molecule has 1 amide bonds. The third kappa shape index (κ3) is 3.62. The Hall–Kier alpha value is -1.47. The van der Waals surface area contributed by atoms with Crippen molar-refractivity contribution in [3.63, 3.8) is 0 Å². The molecule has 1 unspecified atom stereocenters. The van der Waals surface area contributed by atoms with Crippen molar-refractivity contribution < 1.29 is 19.1 Å². The Labute approximate surface area is 148 Å². The van der Waals surface area contributed by atoms with Crippen LogP contribution in [-0.4, -0.2) is 52.5 Å². The number of aliphatic carboxylic acids is 1. The van der Waals surface area contributed by atoms with Gasteiger partial charge in [-0.2, -0.15) is 0 Å². The molecule has 24 heavy (non-hydrogen) atoms. The first-order valence-corrected chi connectivity index (χ1v) is 8.96. The number of amides is 1. The molecule has 2 aliphatic heterocycles. The number of hydrogen-bond acceptors (Lipinski definition) is 3. The molecule has 1 saturated heterocycles. The number of rotatable bonds is 3. The monoisotopic (exact) mass is 398 g/mol. The highest BCUT2D eigenvalue weighted by Crippen LogP contribution is 2.29. The van der Waals surface area contributed by atoms with Crippen LogP contribution >= 0.6 is 15.9 Å². The van der Waals surface area contributed by atoms with Crippen LogP contribution in [0.1, 0.15) is 30.4 Å². The van der Waals surface area contributed by atoms with E-state index in [1.165, 1.54) is 11.0 Å². The van der Waals surface area contributed by atoms with Gasteiger partial charge in [0.15, 0.2) is 0 Å². The molecule has 1 aromatic carbocycles. The van der Waals surface area contributed by atoms with Gasteiger partial charge in [0.2, 0.25) is 5.91 Å². The van der Waals surface area contributed by atoms with Crippen molar-refractivity contribution in [1.82, 2.24) is 9.80 Å². The van der Waals surface area contributed by atoms with Crippen molar-refractivity contribution in [2.75, 3.05) is 19.6 Å². The number of fused-ring (bicyclic) bond motifs is 1. The molecule has 5 nitrogen and oxygen atoms in total. The highest BCUT2D eigenvalue weighted by Gasteiger charge is 2.34. The van der Waals surface area contributed by atoms with E-state index in [-0.39, 0.29) is 24.3 Å². The molecule has 2 heterocycles. The Bertz CT molecular complexity index is 667. The highest BCUT2D eigenvalue weighted by molar-refractivity contribution is 9.10. The normalized spacial score (nSPS) is 22.2. The van der Waals surface area contributed by atoms with E-state index in [1.54, 1.807) is 0 Å². The van der Waals surface area contributed by atoms with E-state index in [0.717, 1.165) is 30.4 Å². The van der Waals surface area contributed by atoms with Crippen LogP contribution in [0.25, 0.3) is 0 Å². The maximum Gasteiger partial charge on any atom is 0.323 e. The maximum atomic E-state index is 14.1. The fourth-order valence-corrected chi connectivity index (χ4v) is 4.12. The highest BCUT2D eigenvalue weighted by atomic mass is 79.9. The number of nitrogens with zero attached hydrogens (tertiary/aromatic N) is 2. The minimum Gasteiger partial charge on any atom is -0.480 e. The van der Waals surface area contributed by atoms with Crippen molar-refractivity contribution in [3.8, 4) is 0 Å². The molecule has 0 spiro atoms. The van der Waals surface area contributed by atoms with Gasteiger partial charge in [0.25, 0.3) is 0 Å². The largest absolute Gasteiger partial charge is 0.480 e. The first kappa shape index (κ1) is 17.4. The molecule has 0 bridgehead atoms. The zero-order valence-corrected chi connectivity index (χ0v) is 14.9. The topological polar surface area (TPSA) is 60.9 Å². The summed E-state index contributed by atoms with van der Waals surface area (Å²) in [5, 5.41) is 9.01. The molecule has 1 atom stereocenters. The minimum atomic E-state index is -0.987. The molecule has 1 aromatic rings. The third-order valence-corrected chi connectivity index (χ3v) is 5.25. The average Bonchev–Trinajstić information content (AvgIpc) is 2.68. The van der Waals surface area contributed by atoms with Crippen molar-refractivity contribution in [2.24, 2.45) is 0 Å². The predicted molar refractivity (Wildman–Crippen MR) is 90.1 cm³/mol. The van der Waals surface area contributed by atoms with E-state index < -0.39 is 5.97 Å². The van der Waals surface area contributed by atoms with E-state index in [2.05, 4.69) is 20.8 Å². The van der Waals surface area contributed by atoms with Crippen LogP contribution in [-0.2, 0) is 22.6 Å². The predicted octanol–water partition coefficient (Wildman–Crippen LogP) is 2.41. The third-order valence-electron chi connectivity index (χ3n) is 4.79. The van der Waals surface area contributed by atoms with Gasteiger partial charge in [-0.15, -0.1) is 0 Å². The van der Waals surface area contributed by atoms with Crippen LogP contribution in [0.2, 0.25) is 0 Å². The van der Waals surface area contributed by atoms with E-state index in [9.17, 15) is 14.0 Å². The van der Waals surface area contributed by atoms with Crippen molar-refractivity contribution in [2.45, 2.75) is 38.3 Å². The minimum absolute atomic E-state index is 0.117. The summed E-state index contributed by atoms with van der Waals surface area (Å²) in [6.45, 7) is 1.37. The molecule has 1 fully saturated rings. The van der Waals surface area contributed by atoms with Crippen LogP contribution in [0.4, 0.5) is 4.39 Å². The first-order chi connectivity index (χ1) is 11.5. The van der Waals surface area contributed by atoms with E-state index in [0.29, 0.717) is 30.5 Å². The number of carboxylic acid groups (broad SMARTS) is 1. The lowest BCUT2D eigenvalue weighted by molar-refractivity contribution is -0.146. The Morgan fingerprint density at radius 1 is 1.33 bits per heavy atom. The quantitative estimate of drug-likeness (QED) is 0.848. The molecule has 3 rings (SSSR count).